The average Bonchev–Trinajstić information content (AvgIpc) is 3.51. The van der Waals surface area contributed by atoms with Crippen LogP contribution in [-0.2, 0) is 32.6 Å². The number of ketones is 1. The van der Waals surface area contributed by atoms with Crippen molar-refractivity contribution in [3.8, 4) is 5.75 Å². The van der Waals surface area contributed by atoms with E-state index in [0.29, 0.717) is 43.8 Å². The number of hydrogen-bond acceptors (Lipinski definition) is 6. The molecule has 0 radical (unpaired) electrons. The van der Waals surface area contributed by atoms with Crippen molar-refractivity contribution in [3.05, 3.63) is 83.9 Å². The Balaban J connectivity index is 1.34. The zero-order chi connectivity index (χ0) is 29.7. The topological polar surface area (TPSA) is 123 Å². The van der Waals surface area contributed by atoms with Crippen molar-refractivity contribution in [2.24, 2.45) is 0 Å². The molecule has 0 unspecified atom stereocenters. The van der Waals surface area contributed by atoms with Gasteiger partial charge in [-0.1, -0.05) is 49.4 Å². The number of ether oxygens (including phenoxy) is 1. The van der Waals surface area contributed by atoms with Crippen LogP contribution in [0.5, 0.6) is 5.75 Å². The number of carbonyl (C=O) groups is 4. The van der Waals surface area contributed by atoms with E-state index in [9.17, 15) is 19.2 Å². The van der Waals surface area contributed by atoms with Crippen molar-refractivity contribution in [1.82, 2.24) is 25.1 Å². The Morgan fingerprint density at radius 2 is 1.81 bits per heavy atom. The molecule has 2 atom stereocenters. The highest BCUT2D eigenvalue weighted by Crippen LogP contribution is 2.38. The lowest BCUT2D eigenvalue weighted by molar-refractivity contribution is -0.140. The molecule has 0 spiro atoms. The Labute approximate surface area is 245 Å². The first-order valence-corrected chi connectivity index (χ1v) is 14.5. The molecule has 3 aromatic rings. The molecule has 42 heavy (non-hydrogen) atoms. The maximum absolute atomic E-state index is 14.0. The molecule has 2 aromatic carbocycles. The Bertz CT molecular complexity index is 1430. The van der Waals surface area contributed by atoms with Crippen LogP contribution < -0.4 is 15.4 Å². The molecule has 1 saturated heterocycles. The number of Topliss-reactive ketones (excluding diaryl/α,β-unsaturated/α-hetero) is 1. The Hall–Kier alpha value is -4.47. The SMILES string of the molecule is CCCC(=O)C1(c2ccccc2)CCN(C(=O)[C@@H](Cc2ccc(OC)cc2)NC(=O)[C@@H]2Cc3cncn3C(=O)N2)CC1. The second kappa shape index (κ2) is 12.6. The third-order valence-electron chi connectivity index (χ3n) is 8.44. The summed E-state index contributed by atoms with van der Waals surface area (Å²) >= 11 is 0. The summed E-state index contributed by atoms with van der Waals surface area (Å²) in [6.07, 6.45) is 5.81. The number of aromatic nitrogens is 2. The highest BCUT2D eigenvalue weighted by atomic mass is 16.5. The van der Waals surface area contributed by atoms with E-state index >= 15 is 0 Å². The highest BCUT2D eigenvalue weighted by Gasteiger charge is 2.43. The van der Waals surface area contributed by atoms with Crippen molar-refractivity contribution in [3.63, 3.8) is 0 Å². The standard InChI is InChI=1S/C32H37N5O5/c1-3-7-28(38)32(23-8-5-4-6-9-23)14-16-36(17-15-32)30(40)27(18-22-10-12-25(42-2)13-11-22)34-29(39)26-19-24-20-33-21-37(24)31(41)35-26/h4-6,8-13,20-21,26-27H,3,7,14-19H2,1-2H3,(H,34,39)(H,35,41)/t26-,27+/m0/s1. The van der Waals surface area contributed by atoms with Gasteiger partial charge in [0.05, 0.1) is 12.5 Å². The van der Waals surface area contributed by atoms with Crippen LogP contribution >= 0.6 is 0 Å². The number of carbonyl (C=O) groups excluding carboxylic acids is 4. The normalized spacial score (nSPS) is 18.4. The van der Waals surface area contributed by atoms with Crippen LogP contribution in [0.1, 0.15) is 49.4 Å². The summed E-state index contributed by atoms with van der Waals surface area (Å²) in [6, 6.07) is 15.1. The maximum Gasteiger partial charge on any atom is 0.327 e. The number of nitrogens with zero attached hydrogens (tertiary/aromatic N) is 3. The molecule has 3 heterocycles. The predicted molar refractivity (Wildman–Crippen MR) is 156 cm³/mol. The van der Waals surface area contributed by atoms with Gasteiger partial charge in [0.25, 0.3) is 0 Å². The van der Waals surface area contributed by atoms with Gasteiger partial charge in [-0.25, -0.2) is 9.78 Å². The van der Waals surface area contributed by atoms with E-state index in [0.717, 1.165) is 17.5 Å². The van der Waals surface area contributed by atoms with Crippen molar-refractivity contribution in [2.45, 2.75) is 62.9 Å². The van der Waals surface area contributed by atoms with Gasteiger partial charge in [-0.2, -0.15) is 0 Å². The zero-order valence-corrected chi connectivity index (χ0v) is 24.0. The first kappa shape index (κ1) is 29.0. The number of piperidine rings is 1. The Morgan fingerprint density at radius 1 is 1.10 bits per heavy atom. The molecule has 220 valence electrons. The largest absolute Gasteiger partial charge is 0.497 e. The van der Waals surface area contributed by atoms with Crippen molar-refractivity contribution >= 4 is 23.6 Å². The van der Waals surface area contributed by atoms with Gasteiger partial charge >= 0.3 is 6.03 Å². The molecule has 10 nitrogen and oxygen atoms in total. The number of likely N-dealkylation sites (tertiary alicyclic amines) is 1. The minimum absolute atomic E-state index is 0.207. The lowest BCUT2D eigenvalue weighted by atomic mass is 9.68. The van der Waals surface area contributed by atoms with Crippen LogP contribution in [0.2, 0.25) is 0 Å². The fourth-order valence-corrected chi connectivity index (χ4v) is 6.04. The van der Waals surface area contributed by atoms with Crippen molar-refractivity contribution in [1.29, 1.82) is 0 Å². The summed E-state index contributed by atoms with van der Waals surface area (Å²) < 4.78 is 6.64. The fourth-order valence-electron chi connectivity index (χ4n) is 6.04. The molecule has 3 amide bonds. The number of methoxy groups -OCH3 is 1. The predicted octanol–water partition coefficient (Wildman–Crippen LogP) is 3.03. The molecule has 5 rings (SSSR count). The van der Waals surface area contributed by atoms with Gasteiger partial charge in [0.1, 0.15) is 29.9 Å². The summed E-state index contributed by atoms with van der Waals surface area (Å²) in [4.78, 5) is 59.1. The van der Waals surface area contributed by atoms with Gasteiger partial charge < -0.3 is 20.3 Å². The molecule has 0 aliphatic carbocycles. The zero-order valence-electron chi connectivity index (χ0n) is 24.0. The summed E-state index contributed by atoms with van der Waals surface area (Å²) in [6.45, 7) is 2.80. The van der Waals surface area contributed by atoms with Crippen LogP contribution in [0.15, 0.2) is 67.1 Å². The number of hydrogen-bond donors (Lipinski definition) is 2. The van der Waals surface area contributed by atoms with Crippen LogP contribution in [0.4, 0.5) is 4.79 Å². The second-order valence-electron chi connectivity index (χ2n) is 11.0. The van der Waals surface area contributed by atoms with E-state index in [1.54, 1.807) is 18.2 Å². The number of rotatable bonds is 10. The lowest BCUT2D eigenvalue weighted by Crippen LogP contribution is -2.59. The Kier molecular flexibility index (Phi) is 8.70. The van der Waals surface area contributed by atoms with Crippen LogP contribution in [-0.4, -0.2) is 70.4 Å². The first-order chi connectivity index (χ1) is 20.3. The molecule has 0 saturated carbocycles. The Morgan fingerprint density at radius 3 is 2.48 bits per heavy atom. The third-order valence-corrected chi connectivity index (χ3v) is 8.44. The van der Waals surface area contributed by atoms with Crippen LogP contribution in [0, 0.1) is 0 Å². The van der Waals surface area contributed by atoms with Crippen LogP contribution in [0.25, 0.3) is 0 Å². The molecule has 1 aromatic heterocycles. The lowest BCUT2D eigenvalue weighted by Gasteiger charge is -2.42. The fraction of sp³-hybridized carbons (Fsp3) is 0.406. The summed E-state index contributed by atoms with van der Waals surface area (Å²) in [5.74, 6) is 0.253. The van der Waals surface area contributed by atoms with E-state index < -0.39 is 29.4 Å². The van der Waals surface area contributed by atoms with Gasteiger partial charge in [0, 0.05) is 44.2 Å². The first-order valence-electron chi connectivity index (χ1n) is 14.5. The third kappa shape index (κ3) is 5.93. The van der Waals surface area contributed by atoms with Gasteiger partial charge in [0.15, 0.2) is 0 Å². The molecule has 1 fully saturated rings. The van der Waals surface area contributed by atoms with Gasteiger partial charge in [-0.05, 0) is 42.5 Å². The summed E-state index contributed by atoms with van der Waals surface area (Å²) in [5.41, 5.74) is 1.85. The van der Waals surface area contributed by atoms with Crippen LogP contribution in [0.3, 0.4) is 0 Å². The smallest absolute Gasteiger partial charge is 0.327 e. The molecule has 2 aliphatic heterocycles. The van der Waals surface area contributed by atoms with Gasteiger partial charge in [0.2, 0.25) is 11.8 Å². The summed E-state index contributed by atoms with van der Waals surface area (Å²) in [7, 11) is 1.59. The monoisotopic (exact) mass is 571 g/mol. The number of benzene rings is 2. The van der Waals surface area contributed by atoms with E-state index in [-0.39, 0.29) is 24.5 Å². The van der Waals surface area contributed by atoms with E-state index in [1.165, 1.54) is 10.9 Å². The maximum atomic E-state index is 14.0. The van der Waals surface area contributed by atoms with Gasteiger partial charge in [-0.15, -0.1) is 0 Å². The van der Waals surface area contributed by atoms with E-state index in [1.807, 2.05) is 61.5 Å². The van der Waals surface area contributed by atoms with Crippen molar-refractivity contribution < 1.29 is 23.9 Å². The van der Waals surface area contributed by atoms with Crippen molar-refractivity contribution in [2.75, 3.05) is 20.2 Å². The highest BCUT2D eigenvalue weighted by molar-refractivity contribution is 5.94. The second-order valence-corrected chi connectivity index (χ2v) is 11.0. The summed E-state index contributed by atoms with van der Waals surface area (Å²) in [5, 5.41) is 5.63. The molecule has 0 bridgehead atoms. The van der Waals surface area contributed by atoms with E-state index in [4.69, 9.17) is 4.74 Å². The molecular weight excluding hydrogens is 534 g/mol. The molecule has 2 N–H and O–H groups in total. The average molecular weight is 572 g/mol. The van der Waals surface area contributed by atoms with E-state index in [2.05, 4.69) is 15.6 Å². The van der Waals surface area contributed by atoms with Gasteiger partial charge in [-0.3, -0.25) is 19.0 Å². The molecular formula is C32H37N5O5. The number of amides is 3. The molecule has 2 aliphatic rings. The number of fused-ring (bicyclic) bond motifs is 1. The minimum Gasteiger partial charge on any atom is -0.497 e. The molecule has 10 heteroatoms. The quantitative estimate of drug-likeness (QED) is 0.386. The number of imidazole rings is 1. The minimum atomic E-state index is -0.856. The number of nitrogens with one attached hydrogen (secondary N) is 2.